The van der Waals surface area contributed by atoms with Gasteiger partial charge < -0.3 is 0 Å². The van der Waals surface area contributed by atoms with Crippen molar-refractivity contribution in [3.05, 3.63) is 97.9 Å². The molecular weight excluding hydrogens is 476 g/mol. The third kappa shape index (κ3) is 3.73. The van der Waals surface area contributed by atoms with E-state index in [0.29, 0.717) is 0 Å². The standard InChI is InChI=1S/C21H15Br2ClN2/c22-16-5-1-14(2-6-16)20-13-21(15-3-7-17(23)8-4-15)26(25-20)19-11-9-18(24)10-12-19/h1-12,21H,13H2. The number of halogens is 3. The highest BCUT2D eigenvalue weighted by atomic mass is 79.9. The smallest absolute Gasteiger partial charge is 0.0831 e. The molecule has 4 rings (SSSR count). The molecule has 3 aromatic carbocycles. The van der Waals surface area contributed by atoms with Crippen molar-refractivity contribution in [1.29, 1.82) is 0 Å². The van der Waals surface area contributed by atoms with E-state index >= 15 is 0 Å². The molecule has 1 aliphatic heterocycles. The van der Waals surface area contributed by atoms with E-state index in [1.807, 2.05) is 24.3 Å². The van der Waals surface area contributed by atoms with E-state index in [0.717, 1.165) is 37.4 Å². The zero-order valence-corrected chi connectivity index (χ0v) is 17.7. The summed E-state index contributed by atoms with van der Waals surface area (Å²) >= 11 is 13.1. The van der Waals surface area contributed by atoms with Crippen LogP contribution in [-0.4, -0.2) is 5.71 Å². The first-order valence-electron chi connectivity index (χ1n) is 8.24. The number of nitrogens with zero attached hydrogens (tertiary/aromatic N) is 2. The molecule has 1 aliphatic rings. The van der Waals surface area contributed by atoms with Gasteiger partial charge in [-0.25, -0.2) is 0 Å². The maximum atomic E-state index is 6.06. The Labute approximate surface area is 174 Å². The summed E-state index contributed by atoms with van der Waals surface area (Å²) in [7, 11) is 0. The molecule has 0 spiro atoms. The van der Waals surface area contributed by atoms with Crippen molar-refractivity contribution >= 4 is 54.9 Å². The van der Waals surface area contributed by atoms with Crippen molar-refractivity contribution in [1.82, 2.24) is 0 Å². The summed E-state index contributed by atoms with van der Waals surface area (Å²) in [5.74, 6) is 0. The Morgan fingerprint density at radius 1 is 0.808 bits per heavy atom. The highest BCUT2D eigenvalue weighted by Crippen LogP contribution is 2.37. The SMILES string of the molecule is Clc1ccc(N2N=C(c3ccc(Br)cc3)CC2c2ccc(Br)cc2)cc1. The quantitative estimate of drug-likeness (QED) is 0.378. The first-order chi connectivity index (χ1) is 12.6. The van der Waals surface area contributed by atoms with Gasteiger partial charge in [0.2, 0.25) is 0 Å². The first-order valence-corrected chi connectivity index (χ1v) is 10.2. The van der Waals surface area contributed by atoms with Gasteiger partial charge in [0.15, 0.2) is 0 Å². The van der Waals surface area contributed by atoms with Gasteiger partial charge in [-0.1, -0.05) is 67.7 Å². The molecule has 1 unspecified atom stereocenters. The predicted molar refractivity (Wildman–Crippen MR) is 116 cm³/mol. The second kappa shape index (κ2) is 7.55. The maximum Gasteiger partial charge on any atom is 0.0831 e. The van der Waals surface area contributed by atoms with Crippen molar-refractivity contribution < 1.29 is 0 Å². The maximum absolute atomic E-state index is 6.06. The Balaban J connectivity index is 1.74. The van der Waals surface area contributed by atoms with E-state index in [2.05, 4.69) is 85.4 Å². The van der Waals surface area contributed by atoms with Crippen LogP contribution in [0.1, 0.15) is 23.6 Å². The van der Waals surface area contributed by atoms with Gasteiger partial charge >= 0.3 is 0 Å². The summed E-state index contributed by atoms with van der Waals surface area (Å²) in [6.07, 6.45) is 0.853. The Bertz CT molecular complexity index is 935. The van der Waals surface area contributed by atoms with E-state index in [1.54, 1.807) is 0 Å². The minimum Gasteiger partial charge on any atom is -0.257 e. The summed E-state index contributed by atoms with van der Waals surface area (Å²) in [4.78, 5) is 0. The molecule has 3 aromatic rings. The fraction of sp³-hybridized carbons (Fsp3) is 0.0952. The van der Waals surface area contributed by atoms with Crippen LogP contribution in [0.2, 0.25) is 5.02 Å². The van der Waals surface area contributed by atoms with Crippen LogP contribution in [0.15, 0.2) is 86.8 Å². The fourth-order valence-corrected chi connectivity index (χ4v) is 3.76. The van der Waals surface area contributed by atoms with Crippen LogP contribution in [-0.2, 0) is 0 Å². The molecule has 0 saturated carbocycles. The summed E-state index contributed by atoms with van der Waals surface area (Å²) in [6.45, 7) is 0. The van der Waals surface area contributed by atoms with Crippen molar-refractivity contribution in [2.24, 2.45) is 5.10 Å². The monoisotopic (exact) mass is 488 g/mol. The molecule has 2 nitrogen and oxygen atoms in total. The Morgan fingerprint density at radius 2 is 1.38 bits per heavy atom. The van der Waals surface area contributed by atoms with Crippen LogP contribution in [0.4, 0.5) is 5.69 Å². The molecule has 0 radical (unpaired) electrons. The molecule has 1 atom stereocenters. The minimum absolute atomic E-state index is 0.155. The van der Waals surface area contributed by atoms with Crippen LogP contribution >= 0.6 is 43.5 Å². The zero-order valence-electron chi connectivity index (χ0n) is 13.7. The largest absolute Gasteiger partial charge is 0.257 e. The number of benzene rings is 3. The summed E-state index contributed by atoms with van der Waals surface area (Å²) in [6, 6.07) is 24.8. The molecule has 0 amide bonds. The van der Waals surface area contributed by atoms with Crippen molar-refractivity contribution in [3.8, 4) is 0 Å². The molecule has 0 aliphatic carbocycles. The first kappa shape index (κ1) is 17.8. The highest BCUT2D eigenvalue weighted by molar-refractivity contribution is 9.10. The van der Waals surface area contributed by atoms with Gasteiger partial charge in [-0.05, 0) is 59.7 Å². The average molecular weight is 491 g/mol. The number of rotatable bonds is 3. The second-order valence-electron chi connectivity index (χ2n) is 6.15. The predicted octanol–water partition coefficient (Wildman–Crippen LogP) is 7.22. The van der Waals surface area contributed by atoms with Gasteiger partial charge in [0.1, 0.15) is 0 Å². The lowest BCUT2D eigenvalue weighted by Gasteiger charge is -2.24. The summed E-state index contributed by atoms with van der Waals surface area (Å²) in [5, 5.41) is 7.77. The van der Waals surface area contributed by atoms with Crippen molar-refractivity contribution in [2.75, 3.05) is 5.01 Å². The van der Waals surface area contributed by atoms with Crippen LogP contribution in [0.25, 0.3) is 0 Å². The van der Waals surface area contributed by atoms with Crippen LogP contribution in [0, 0.1) is 0 Å². The molecule has 5 heteroatoms. The molecule has 0 bridgehead atoms. The lowest BCUT2D eigenvalue weighted by Crippen LogP contribution is -2.18. The molecule has 130 valence electrons. The number of hydrogen-bond donors (Lipinski definition) is 0. The number of hydrazone groups is 1. The van der Waals surface area contributed by atoms with Gasteiger partial charge in [-0.2, -0.15) is 5.10 Å². The topological polar surface area (TPSA) is 15.6 Å². The van der Waals surface area contributed by atoms with Gasteiger partial charge in [-0.3, -0.25) is 5.01 Å². The van der Waals surface area contributed by atoms with Gasteiger partial charge in [0.25, 0.3) is 0 Å². The van der Waals surface area contributed by atoms with Crippen LogP contribution in [0.3, 0.4) is 0 Å². The minimum atomic E-state index is 0.155. The van der Waals surface area contributed by atoms with Crippen LogP contribution in [0.5, 0.6) is 0 Å². The second-order valence-corrected chi connectivity index (χ2v) is 8.41. The average Bonchev–Trinajstić information content (AvgIpc) is 3.09. The Kier molecular flexibility index (Phi) is 5.16. The Hall–Kier alpha value is -1.62. The normalized spacial score (nSPS) is 16.7. The van der Waals surface area contributed by atoms with Gasteiger partial charge in [0.05, 0.1) is 17.4 Å². The summed E-state index contributed by atoms with van der Waals surface area (Å²) in [5.41, 5.74) is 4.50. The van der Waals surface area contributed by atoms with E-state index in [4.69, 9.17) is 16.7 Å². The van der Waals surface area contributed by atoms with E-state index in [9.17, 15) is 0 Å². The lowest BCUT2D eigenvalue weighted by atomic mass is 9.98. The van der Waals surface area contributed by atoms with Gasteiger partial charge in [-0.15, -0.1) is 0 Å². The molecule has 1 heterocycles. The number of hydrogen-bond acceptors (Lipinski definition) is 2. The molecule has 0 N–H and O–H groups in total. The Morgan fingerprint density at radius 3 is 2.00 bits per heavy atom. The van der Waals surface area contributed by atoms with Gasteiger partial charge in [0, 0.05) is 20.4 Å². The van der Waals surface area contributed by atoms with Crippen molar-refractivity contribution in [2.45, 2.75) is 12.5 Å². The van der Waals surface area contributed by atoms with Crippen LogP contribution < -0.4 is 5.01 Å². The zero-order chi connectivity index (χ0) is 18.1. The number of anilines is 1. The lowest BCUT2D eigenvalue weighted by molar-refractivity contribution is 0.709. The van der Waals surface area contributed by atoms with Crippen molar-refractivity contribution in [3.63, 3.8) is 0 Å². The molecule has 0 fully saturated rings. The third-order valence-electron chi connectivity index (χ3n) is 4.43. The van der Waals surface area contributed by atoms with E-state index in [1.165, 1.54) is 5.56 Å². The molecule has 26 heavy (non-hydrogen) atoms. The highest BCUT2D eigenvalue weighted by Gasteiger charge is 2.29. The fourth-order valence-electron chi connectivity index (χ4n) is 3.10. The summed E-state index contributed by atoms with van der Waals surface area (Å²) < 4.78 is 2.14. The van der Waals surface area contributed by atoms with E-state index < -0.39 is 0 Å². The van der Waals surface area contributed by atoms with E-state index in [-0.39, 0.29) is 6.04 Å². The third-order valence-corrected chi connectivity index (χ3v) is 5.74. The molecule has 0 saturated heterocycles. The molecular formula is C21H15Br2ClN2. The molecule has 0 aromatic heterocycles.